The fourth-order valence-corrected chi connectivity index (χ4v) is 3.57. The molecule has 2 rings (SSSR count). The van der Waals surface area contributed by atoms with Gasteiger partial charge < -0.3 is 5.11 Å². The Morgan fingerprint density at radius 3 is 2.52 bits per heavy atom. The minimum atomic E-state index is -0.144. The largest absolute Gasteiger partial charge is 0.508 e. The smallest absolute Gasteiger partial charge is 0.250 e. The maximum Gasteiger partial charge on any atom is 0.250 e. The topological polar surface area (TPSA) is 61.7 Å². The number of carbonyl (C=O) groups is 1. The first kappa shape index (κ1) is 19.5. The van der Waals surface area contributed by atoms with Crippen LogP contribution in [0.1, 0.15) is 30.0 Å². The molecule has 0 radical (unpaired) electrons. The van der Waals surface area contributed by atoms with Crippen molar-refractivity contribution in [3.05, 3.63) is 57.6 Å². The van der Waals surface area contributed by atoms with Crippen molar-refractivity contribution in [3.8, 4) is 5.75 Å². The molecule has 6 heteroatoms. The highest BCUT2D eigenvalue weighted by molar-refractivity contribution is 9.10. The molecule has 25 heavy (non-hydrogen) atoms. The van der Waals surface area contributed by atoms with Crippen molar-refractivity contribution in [2.24, 2.45) is 5.10 Å². The van der Waals surface area contributed by atoms with Gasteiger partial charge in [0.15, 0.2) is 0 Å². The van der Waals surface area contributed by atoms with Crippen molar-refractivity contribution < 1.29 is 9.90 Å². The third-order valence-electron chi connectivity index (χ3n) is 3.67. The molecule has 0 spiro atoms. The molecule has 0 heterocycles. The van der Waals surface area contributed by atoms with E-state index in [1.807, 2.05) is 20.8 Å². The molecule has 0 aromatic heterocycles. The Balaban J connectivity index is 1.97. The second-order valence-corrected chi connectivity index (χ2v) is 7.52. The second-order valence-electron chi connectivity index (χ2n) is 5.65. The van der Waals surface area contributed by atoms with E-state index >= 15 is 0 Å². The number of hydrogen-bond acceptors (Lipinski definition) is 4. The van der Waals surface area contributed by atoms with Gasteiger partial charge in [0.1, 0.15) is 5.75 Å². The summed E-state index contributed by atoms with van der Waals surface area (Å²) in [7, 11) is 0. The van der Waals surface area contributed by atoms with Gasteiger partial charge in [0.25, 0.3) is 0 Å². The Labute approximate surface area is 160 Å². The molecule has 2 aromatic carbocycles. The number of thioether (sulfide) groups is 1. The number of carbonyl (C=O) groups excluding carboxylic acids is 1. The van der Waals surface area contributed by atoms with E-state index in [2.05, 4.69) is 38.6 Å². The monoisotopic (exact) mass is 420 g/mol. The Bertz CT molecular complexity index is 789. The molecule has 0 fully saturated rings. The summed E-state index contributed by atoms with van der Waals surface area (Å²) in [6.07, 6.45) is 0.684. The molecular weight excluding hydrogens is 400 g/mol. The zero-order chi connectivity index (χ0) is 18.4. The summed E-state index contributed by atoms with van der Waals surface area (Å²) in [6.45, 7) is 6.03. The highest BCUT2D eigenvalue weighted by Crippen LogP contribution is 2.28. The van der Waals surface area contributed by atoms with E-state index in [-0.39, 0.29) is 11.7 Å². The van der Waals surface area contributed by atoms with E-state index in [0.717, 1.165) is 31.8 Å². The maximum atomic E-state index is 12.1. The molecule has 0 saturated carbocycles. The van der Waals surface area contributed by atoms with Crippen molar-refractivity contribution in [3.63, 3.8) is 0 Å². The van der Waals surface area contributed by atoms with Crippen LogP contribution in [0, 0.1) is 13.8 Å². The lowest BCUT2D eigenvalue weighted by molar-refractivity contribution is -0.118. The van der Waals surface area contributed by atoms with Crippen LogP contribution in [0.3, 0.4) is 0 Å². The molecule has 0 unspecified atom stereocenters. The minimum absolute atomic E-state index is 0.144. The first-order chi connectivity index (χ1) is 11.9. The van der Waals surface area contributed by atoms with Gasteiger partial charge in [-0.25, -0.2) is 5.43 Å². The van der Waals surface area contributed by atoms with Crippen LogP contribution in [0.25, 0.3) is 0 Å². The highest BCUT2D eigenvalue weighted by Gasteiger charge is 2.08. The SMILES string of the molecule is CCC(=NNC(=O)CSc1cc(C)c(Br)cc1C)c1ccc(O)cc1. The zero-order valence-electron chi connectivity index (χ0n) is 14.5. The molecule has 2 N–H and O–H groups in total. The molecule has 2 aromatic rings. The fourth-order valence-electron chi connectivity index (χ4n) is 2.22. The molecule has 0 bridgehead atoms. The number of phenolic OH excluding ortho intramolecular Hbond substituents is 1. The average molecular weight is 421 g/mol. The molecule has 0 aliphatic heterocycles. The van der Waals surface area contributed by atoms with Gasteiger partial charge >= 0.3 is 0 Å². The Kier molecular flexibility index (Phi) is 7.08. The summed E-state index contributed by atoms with van der Waals surface area (Å²) in [5.74, 6) is 0.368. The summed E-state index contributed by atoms with van der Waals surface area (Å²) in [5, 5.41) is 13.6. The van der Waals surface area contributed by atoms with Gasteiger partial charge in [-0.15, -0.1) is 11.8 Å². The minimum Gasteiger partial charge on any atom is -0.508 e. The van der Waals surface area contributed by atoms with Crippen LogP contribution in [0.5, 0.6) is 5.75 Å². The van der Waals surface area contributed by atoms with Crippen LogP contribution in [0.2, 0.25) is 0 Å². The van der Waals surface area contributed by atoms with Crippen LogP contribution in [-0.2, 0) is 4.79 Å². The lowest BCUT2D eigenvalue weighted by Crippen LogP contribution is -2.21. The maximum absolute atomic E-state index is 12.1. The number of halogens is 1. The summed E-state index contributed by atoms with van der Waals surface area (Å²) in [4.78, 5) is 13.2. The van der Waals surface area contributed by atoms with Crippen molar-refractivity contribution in [1.82, 2.24) is 5.43 Å². The third-order valence-corrected chi connectivity index (χ3v) is 5.68. The van der Waals surface area contributed by atoms with Crippen LogP contribution in [-0.4, -0.2) is 22.5 Å². The Morgan fingerprint density at radius 2 is 1.88 bits per heavy atom. The van der Waals surface area contributed by atoms with E-state index in [1.165, 1.54) is 11.8 Å². The molecule has 1 amide bonds. The summed E-state index contributed by atoms with van der Waals surface area (Å²) in [5.41, 5.74) is 6.55. The van der Waals surface area contributed by atoms with Gasteiger partial charge in [0.2, 0.25) is 5.91 Å². The number of hydrazone groups is 1. The first-order valence-corrected chi connectivity index (χ1v) is 9.73. The van der Waals surface area contributed by atoms with Gasteiger partial charge in [0.05, 0.1) is 11.5 Å². The lowest BCUT2D eigenvalue weighted by atomic mass is 10.1. The van der Waals surface area contributed by atoms with Gasteiger partial charge in [-0.05, 0) is 73.4 Å². The van der Waals surface area contributed by atoms with Gasteiger partial charge in [-0.2, -0.15) is 5.10 Å². The molecule has 0 aliphatic carbocycles. The molecular formula is C19H21BrN2O2S. The number of aryl methyl sites for hydroxylation is 2. The first-order valence-electron chi connectivity index (χ1n) is 7.95. The number of aromatic hydroxyl groups is 1. The number of phenols is 1. The van der Waals surface area contributed by atoms with Gasteiger partial charge in [-0.1, -0.05) is 22.9 Å². The van der Waals surface area contributed by atoms with Gasteiger partial charge in [0, 0.05) is 9.37 Å². The molecule has 0 saturated heterocycles. The Hall–Kier alpha value is -1.79. The number of nitrogens with one attached hydrogen (secondary N) is 1. The summed E-state index contributed by atoms with van der Waals surface area (Å²) >= 11 is 5.01. The van der Waals surface area contributed by atoms with E-state index in [9.17, 15) is 9.90 Å². The number of nitrogens with zero attached hydrogens (tertiary/aromatic N) is 1. The van der Waals surface area contributed by atoms with E-state index in [1.54, 1.807) is 24.3 Å². The quantitative estimate of drug-likeness (QED) is 0.400. The van der Waals surface area contributed by atoms with Crippen molar-refractivity contribution >= 4 is 39.3 Å². The molecule has 0 aliphatic rings. The summed E-state index contributed by atoms with van der Waals surface area (Å²) in [6, 6.07) is 10.9. The van der Waals surface area contributed by atoms with E-state index in [0.29, 0.717) is 12.2 Å². The number of amides is 1. The molecule has 4 nitrogen and oxygen atoms in total. The second kappa shape index (κ2) is 9.06. The number of hydrogen-bond donors (Lipinski definition) is 2. The van der Waals surface area contributed by atoms with Crippen LogP contribution >= 0.6 is 27.7 Å². The predicted octanol–water partition coefficient (Wildman–Crippen LogP) is 4.79. The van der Waals surface area contributed by atoms with Gasteiger partial charge in [-0.3, -0.25) is 4.79 Å². The zero-order valence-corrected chi connectivity index (χ0v) is 16.9. The van der Waals surface area contributed by atoms with Crippen LogP contribution < -0.4 is 5.43 Å². The normalized spacial score (nSPS) is 11.4. The molecule has 0 atom stereocenters. The van der Waals surface area contributed by atoms with Crippen LogP contribution in [0.15, 0.2) is 50.9 Å². The number of rotatable bonds is 6. The lowest BCUT2D eigenvalue weighted by Gasteiger charge is -2.09. The third kappa shape index (κ3) is 5.61. The van der Waals surface area contributed by atoms with Crippen LogP contribution in [0.4, 0.5) is 0 Å². The fraction of sp³-hybridized carbons (Fsp3) is 0.263. The number of benzene rings is 2. The Morgan fingerprint density at radius 1 is 1.20 bits per heavy atom. The van der Waals surface area contributed by atoms with E-state index < -0.39 is 0 Å². The molecule has 132 valence electrons. The van der Waals surface area contributed by atoms with E-state index in [4.69, 9.17) is 0 Å². The van der Waals surface area contributed by atoms with Crippen molar-refractivity contribution in [2.75, 3.05) is 5.75 Å². The highest BCUT2D eigenvalue weighted by atomic mass is 79.9. The average Bonchev–Trinajstić information content (AvgIpc) is 2.59. The summed E-state index contributed by atoms with van der Waals surface area (Å²) < 4.78 is 1.07. The predicted molar refractivity (Wildman–Crippen MR) is 107 cm³/mol. The van der Waals surface area contributed by atoms with Crippen molar-refractivity contribution in [2.45, 2.75) is 32.1 Å². The standard InChI is InChI=1S/C19H21BrN2O2S/c1-4-17(14-5-7-15(23)8-6-14)21-22-19(24)11-25-18-10-12(2)16(20)9-13(18)3/h5-10,23H,4,11H2,1-3H3,(H,22,24). The van der Waals surface area contributed by atoms with Crippen molar-refractivity contribution in [1.29, 1.82) is 0 Å².